The van der Waals surface area contributed by atoms with Gasteiger partial charge in [0.1, 0.15) is 4.88 Å². The van der Waals surface area contributed by atoms with Crippen LogP contribution in [0.4, 0.5) is 0 Å². The molecule has 0 atom stereocenters. The van der Waals surface area contributed by atoms with Crippen molar-refractivity contribution in [3.63, 3.8) is 0 Å². The summed E-state index contributed by atoms with van der Waals surface area (Å²) in [6.07, 6.45) is 0. The van der Waals surface area contributed by atoms with E-state index >= 15 is 0 Å². The largest absolute Gasteiger partial charge is 0.477 e. The zero-order valence-electron chi connectivity index (χ0n) is 8.19. The predicted octanol–water partition coefficient (Wildman–Crippen LogP) is 2.10. The first kappa shape index (κ1) is 11.6. The van der Waals surface area contributed by atoms with Crippen molar-refractivity contribution in [2.75, 3.05) is 26.4 Å². The van der Waals surface area contributed by atoms with Crippen LogP contribution < -0.4 is 0 Å². The summed E-state index contributed by atoms with van der Waals surface area (Å²) in [5, 5.41) is 10.6. The number of hydrogen-bond donors (Lipinski definition) is 1. The Bertz CT molecular complexity index is 310. The van der Waals surface area contributed by atoms with Gasteiger partial charge in [-0.05, 0) is 20.2 Å². The van der Waals surface area contributed by atoms with Gasteiger partial charge in [0, 0.05) is 22.6 Å². The minimum absolute atomic E-state index is 0.414. The third kappa shape index (κ3) is 3.69. The molecule has 0 aliphatic carbocycles. The molecule has 0 spiro atoms. The number of thiophene rings is 1. The van der Waals surface area contributed by atoms with E-state index < -0.39 is 5.97 Å². The lowest BCUT2D eigenvalue weighted by atomic mass is 10.5. The van der Waals surface area contributed by atoms with Gasteiger partial charge in [-0.3, -0.25) is 0 Å². The van der Waals surface area contributed by atoms with Crippen LogP contribution >= 0.6 is 23.1 Å². The lowest BCUT2D eigenvalue weighted by Gasteiger charge is -2.07. The average Bonchev–Trinajstić information content (AvgIpc) is 2.52. The standard InChI is InChI=1S/C9H13NO2S2/c1-10(2)3-4-13-7-5-8(9(11)12)14-6-7/h5-6H,3-4H2,1-2H3,(H,11,12). The molecule has 0 aliphatic heterocycles. The van der Waals surface area contributed by atoms with Crippen molar-refractivity contribution in [2.24, 2.45) is 0 Å². The Kier molecular flexibility index (Phi) is 4.44. The van der Waals surface area contributed by atoms with Crippen molar-refractivity contribution in [2.45, 2.75) is 4.90 Å². The first-order chi connectivity index (χ1) is 6.59. The normalized spacial score (nSPS) is 10.8. The number of carboxylic acid groups (broad SMARTS) is 1. The molecule has 0 aliphatic rings. The summed E-state index contributed by atoms with van der Waals surface area (Å²) in [4.78, 5) is 14.2. The molecule has 1 heterocycles. The second-order valence-corrected chi connectivity index (χ2v) is 5.18. The summed E-state index contributed by atoms with van der Waals surface area (Å²) in [6.45, 7) is 1.00. The molecular formula is C9H13NO2S2. The lowest BCUT2D eigenvalue weighted by Crippen LogP contribution is -2.14. The number of hydrogen-bond acceptors (Lipinski definition) is 4. The van der Waals surface area contributed by atoms with Crippen LogP contribution in [0.5, 0.6) is 0 Å². The second kappa shape index (κ2) is 5.38. The molecule has 3 nitrogen and oxygen atoms in total. The molecule has 78 valence electrons. The SMILES string of the molecule is CN(C)CCSc1csc(C(=O)O)c1. The van der Waals surface area contributed by atoms with Crippen molar-refractivity contribution in [1.29, 1.82) is 0 Å². The summed E-state index contributed by atoms with van der Waals surface area (Å²) < 4.78 is 0. The molecule has 0 unspecified atom stereocenters. The first-order valence-corrected chi connectivity index (χ1v) is 6.05. The van der Waals surface area contributed by atoms with Gasteiger partial charge in [-0.15, -0.1) is 23.1 Å². The monoisotopic (exact) mass is 231 g/mol. The van der Waals surface area contributed by atoms with Crippen LogP contribution in [0.15, 0.2) is 16.3 Å². The van der Waals surface area contributed by atoms with Crippen LogP contribution in [0.3, 0.4) is 0 Å². The Morgan fingerprint density at radius 3 is 2.86 bits per heavy atom. The van der Waals surface area contributed by atoms with E-state index in [1.54, 1.807) is 17.8 Å². The van der Waals surface area contributed by atoms with Crippen LogP contribution in [-0.4, -0.2) is 42.4 Å². The maximum atomic E-state index is 10.6. The van der Waals surface area contributed by atoms with Gasteiger partial charge in [0.05, 0.1) is 0 Å². The Hall–Kier alpha value is -0.520. The number of carboxylic acids is 1. The highest BCUT2D eigenvalue weighted by molar-refractivity contribution is 7.99. The zero-order chi connectivity index (χ0) is 10.6. The Morgan fingerprint density at radius 2 is 2.36 bits per heavy atom. The molecule has 0 radical (unpaired) electrons. The van der Waals surface area contributed by atoms with Crippen LogP contribution in [0.2, 0.25) is 0 Å². The second-order valence-electron chi connectivity index (χ2n) is 3.10. The fraction of sp³-hybridized carbons (Fsp3) is 0.444. The van der Waals surface area contributed by atoms with Gasteiger partial charge in [0.25, 0.3) is 0 Å². The summed E-state index contributed by atoms with van der Waals surface area (Å²) in [5.41, 5.74) is 0. The lowest BCUT2D eigenvalue weighted by molar-refractivity contribution is 0.0702. The fourth-order valence-electron chi connectivity index (χ4n) is 0.853. The summed E-state index contributed by atoms with van der Waals surface area (Å²) in [7, 11) is 4.05. The van der Waals surface area contributed by atoms with Gasteiger partial charge in [0.15, 0.2) is 0 Å². The molecular weight excluding hydrogens is 218 g/mol. The summed E-state index contributed by atoms with van der Waals surface area (Å²) in [6, 6.07) is 1.73. The molecule has 1 rings (SSSR count). The van der Waals surface area contributed by atoms with E-state index in [-0.39, 0.29) is 0 Å². The number of aromatic carboxylic acids is 1. The van der Waals surface area contributed by atoms with Gasteiger partial charge in [-0.25, -0.2) is 4.79 Å². The quantitative estimate of drug-likeness (QED) is 0.788. The molecule has 14 heavy (non-hydrogen) atoms. The van der Waals surface area contributed by atoms with Crippen LogP contribution in [0.25, 0.3) is 0 Å². The summed E-state index contributed by atoms with van der Waals surface area (Å²) >= 11 is 2.97. The van der Waals surface area contributed by atoms with Gasteiger partial charge >= 0.3 is 5.97 Å². The third-order valence-corrected chi connectivity index (χ3v) is 3.62. The topological polar surface area (TPSA) is 40.5 Å². The molecule has 1 aromatic rings. The Labute approximate surface area is 91.7 Å². The predicted molar refractivity (Wildman–Crippen MR) is 60.6 cm³/mol. The van der Waals surface area contributed by atoms with Crippen LogP contribution in [0.1, 0.15) is 9.67 Å². The van der Waals surface area contributed by atoms with E-state index in [2.05, 4.69) is 4.90 Å². The molecule has 1 aromatic heterocycles. The zero-order valence-corrected chi connectivity index (χ0v) is 9.82. The van der Waals surface area contributed by atoms with Crippen LogP contribution in [-0.2, 0) is 0 Å². The van der Waals surface area contributed by atoms with Crippen molar-refractivity contribution >= 4 is 29.1 Å². The molecule has 0 saturated carbocycles. The van der Waals surface area contributed by atoms with Crippen molar-refractivity contribution in [1.82, 2.24) is 4.90 Å². The number of thioether (sulfide) groups is 1. The molecule has 0 amide bonds. The highest BCUT2D eigenvalue weighted by Crippen LogP contribution is 2.24. The number of nitrogens with zero attached hydrogens (tertiary/aromatic N) is 1. The third-order valence-electron chi connectivity index (χ3n) is 1.59. The van der Waals surface area contributed by atoms with Gasteiger partial charge < -0.3 is 10.0 Å². The van der Waals surface area contributed by atoms with Crippen molar-refractivity contribution in [3.8, 4) is 0 Å². The number of carbonyl (C=O) groups is 1. The van der Waals surface area contributed by atoms with E-state index in [9.17, 15) is 4.79 Å². The molecule has 0 fully saturated rings. The minimum atomic E-state index is -0.838. The molecule has 0 aromatic carbocycles. The highest BCUT2D eigenvalue weighted by atomic mass is 32.2. The average molecular weight is 231 g/mol. The first-order valence-electron chi connectivity index (χ1n) is 4.19. The molecule has 5 heteroatoms. The van der Waals surface area contributed by atoms with Crippen molar-refractivity contribution in [3.05, 3.63) is 16.3 Å². The fourth-order valence-corrected chi connectivity index (χ4v) is 2.84. The van der Waals surface area contributed by atoms with E-state index in [0.717, 1.165) is 17.2 Å². The maximum Gasteiger partial charge on any atom is 0.345 e. The maximum absolute atomic E-state index is 10.6. The van der Waals surface area contributed by atoms with Gasteiger partial charge in [0.2, 0.25) is 0 Å². The van der Waals surface area contributed by atoms with E-state index in [1.165, 1.54) is 11.3 Å². The van der Waals surface area contributed by atoms with Gasteiger partial charge in [-0.2, -0.15) is 0 Å². The Morgan fingerprint density at radius 1 is 1.64 bits per heavy atom. The van der Waals surface area contributed by atoms with Crippen LogP contribution in [0, 0.1) is 0 Å². The molecule has 1 N–H and O–H groups in total. The highest BCUT2D eigenvalue weighted by Gasteiger charge is 2.06. The summed E-state index contributed by atoms with van der Waals surface area (Å²) in [5.74, 6) is 0.150. The minimum Gasteiger partial charge on any atom is -0.477 e. The van der Waals surface area contributed by atoms with E-state index in [4.69, 9.17) is 5.11 Å². The smallest absolute Gasteiger partial charge is 0.345 e. The Balaban J connectivity index is 2.40. The molecule has 0 bridgehead atoms. The van der Waals surface area contributed by atoms with E-state index in [0.29, 0.717) is 4.88 Å². The van der Waals surface area contributed by atoms with E-state index in [1.807, 2.05) is 19.5 Å². The van der Waals surface area contributed by atoms with Gasteiger partial charge in [-0.1, -0.05) is 0 Å². The molecule has 0 saturated heterocycles. The van der Waals surface area contributed by atoms with Crippen molar-refractivity contribution < 1.29 is 9.90 Å². The number of rotatable bonds is 5.